The number of piperidine rings is 1. The van der Waals surface area contributed by atoms with Gasteiger partial charge in [-0.2, -0.15) is 0 Å². The molecule has 2 rings (SSSR count). The van der Waals surface area contributed by atoms with Gasteiger partial charge < -0.3 is 5.32 Å². The molecule has 0 aromatic heterocycles. The van der Waals surface area contributed by atoms with Crippen LogP contribution in [0.5, 0.6) is 0 Å². The molecular weight excluding hydrogens is 232 g/mol. The van der Waals surface area contributed by atoms with E-state index in [1.807, 2.05) is 0 Å². The molecule has 2 unspecified atom stereocenters. The third kappa shape index (κ3) is 3.58. The molecule has 0 aliphatic carbocycles. The van der Waals surface area contributed by atoms with Gasteiger partial charge in [-0.15, -0.1) is 0 Å². The van der Waals surface area contributed by atoms with Crippen LogP contribution >= 0.6 is 0 Å². The summed E-state index contributed by atoms with van der Waals surface area (Å²) in [6, 6.07) is 9.77. The first-order valence-corrected chi connectivity index (χ1v) is 7.71. The Morgan fingerprint density at radius 1 is 1.26 bits per heavy atom. The number of hydrogen-bond acceptors (Lipinski definition) is 2. The van der Waals surface area contributed by atoms with Crippen LogP contribution in [0.15, 0.2) is 24.3 Å². The molecule has 0 amide bonds. The second-order valence-electron chi connectivity index (χ2n) is 5.85. The summed E-state index contributed by atoms with van der Waals surface area (Å²) in [5.74, 6) is 0.744. The van der Waals surface area contributed by atoms with Gasteiger partial charge in [0.15, 0.2) is 0 Å². The molecule has 2 atom stereocenters. The van der Waals surface area contributed by atoms with Crippen LogP contribution in [-0.4, -0.2) is 31.6 Å². The molecule has 106 valence electrons. The number of nitrogens with one attached hydrogen (secondary N) is 1. The van der Waals surface area contributed by atoms with Gasteiger partial charge in [-0.05, 0) is 64.3 Å². The lowest BCUT2D eigenvalue weighted by molar-refractivity contribution is 0.0924. The van der Waals surface area contributed by atoms with Crippen LogP contribution in [0.1, 0.15) is 43.4 Å². The number of benzene rings is 1. The molecule has 1 fully saturated rings. The first-order valence-electron chi connectivity index (χ1n) is 7.71. The molecule has 0 bridgehead atoms. The Balaban J connectivity index is 2.23. The lowest BCUT2D eigenvalue weighted by Gasteiger charge is -2.42. The Bertz CT molecular complexity index is 353. The zero-order chi connectivity index (χ0) is 13.7. The molecule has 0 saturated carbocycles. The summed E-state index contributed by atoms with van der Waals surface area (Å²) in [6.07, 6.45) is 3.93. The average molecular weight is 260 g/mol. The topological polar surface area (TPSA) is 15.3 Å². The Morgan fingerprint density at radius 2 is 2.00 bits per heavy atom. The SMILES string of the molecule is CCCN1CCCC(CNC)C1c1ccc(C)cc1. The zero-order valence-electron chi connectivity index (χ0n) is 12.7. The number of rotatable bonds is 5. The molecule has 0 radical (unpaired) electrons. The fourth-order valence-electron chi connectivity index (χ4n) is 3.41. The maximum Gasteiger partial charge on any atom is 0.0388 e. The molecule has 2 heteroatoms. The maximum absolute atomic E-state index is 3.38. The van der Waals surface area contributed by atoms with Crippen molar-refractivity contribution in [2.75, 3.05) is 26.7 Å². The van der Waals surface area contributed by atoms with Crippen LogP contribution in [0, 0.1) is 12.8 Å². The van der Waals surface area contributed by atoms with E-state index in [0.29, 0.717) is 6.04 Å². The van der Waals surface area contributed by atoms with Crippen molar-refractivity contribution in [3.8, 4) is 0 Å². The van der Waals surface area contributed by atoms with Crippen molar-refractivity contribution in [2.45, 2.75) is 39.2 Å². The van der Waals surface area contributed by atoms with Crippen LogP contribution < -0.4 is 5.32 Å². The summed E-state index contributed by atoms with van der Waals surface area (Å²) in [7, 11) is 2.07. The van der Waals surface area contributed by atoms with E-state index in [2.05, 4.69) is 55.4 Å². The molecular formula is C17H28N2. The van der Waals surface area contributed by atoms with Crippen molar-refractivity contribution >= 4 is 0 Å². The Hall–Kier alpha value is -0.860. The quantitative estimate of drug-likeness (QED) is 0.873. The van der Waals surface area contributed by atoms with Gasteiger partial charge in [-0.3, -0.25) is 4.90 Å². The van der Waals surface area contributed by atoms with Crippen LogP contribution in [-0.2, 0) is 0 Å². The van der Waals surface area contributed by atoms with Gasteiger partial charge in [0.2, 0.25) is 0 Å². The second-order valence-corrected chi connectivity index (χ2v) is 5.85. The number of aryl methyl sites for hydroxylation is 1. The van der Waals surface area contributed by atoms with E-state index in [9.17, 15) is 0 Å². The van der Waals surface area contributed by atoms with E-state index in [1.54, 1.807) is 0 Å². The Kier molecular flexibility index (Phi) is 5.41. The lowest BCUT2D eigenvalue weighted by atomic mass is 9.84. The van der Waals surface area contributed by atoms with E-state index < -0.39 is 0 Å². The molecule has 1 aromatic carbocycles. The van der Waals surface area contributed by atoms with Gasteiger partial charge in [0.1, 0.15) is 0 Å². The predicted molar refractivity (Wildman–Crippen MR) is 82.4 cm³/mol. The molecule has 2 nitrogen and oxygen atoms in total. The van der Waals surface area contributed by atoms with Gasteiger partial charge in [0.05, 0.1) is 0 Å². The summed E-state index contributed by atoms with van der Waals surface area (Å²) >= 11 is 0. The van der Waals surface area contributed by atoms with Gasteiger partial charge >= 0.3 is 0 Å². The normalized spacial score (nSPS) is 24.6. The molecule has 1 N–H and O–H groups in total. The zero-order valence-corrected chi connectivity index (χ0v) is 12.7. The van der Waals surface area contributed by atoms with Crippen molar-refractivity contribution in [3.63, 3.8) is 0 Å². The van der Waals surface area contributed by atoms with E-state index in [-0.39, 0.29) is 0 Å². The molecule has 1 heterocycles. The van der Waals surface area contributed by atoms with Gasteiger partial charge in [-0.25, -0.2) is 0 Å². The Labute approximate surface area is 118 Å². The van der Waals surface area contributed by atoms with Gasteiger partial charge in [0.25, 0.3) is 0 Å². The first kappa shape index (κ1) is 14.5. The highest BCUT2D eigenvalue weighted by Gasteiger charge is 2.31. The monoisotopic (exact) mass is 260 g/mol. The Morgan fingerprint density at radius 3 is 2.63 bits per heavy atom. The van der Waals surface area contributed by atoms with Crippen molar-refractivity contribution < 1.29 is 0 Å². The molecule has 19 heavy (non-hydrogen) atoms. The van der Waals surface area contributed by atoms with E-state index in [0.717, 1.165) is 12.5 Å². The third-order valence-electron chi connectivity index (χ3n) is 4.26. The number of nitrogens with zero attached hydrogens (tertiary/aromatic N) is 1. The fourth-order valence-corrected chi connectivity index (χ4v) is 3.41. The third-order valence-corrected chi connectivity index (χ3v) is 4.26. The van der Waals surface area contributed by atoms with Crippen LogP contribution in [0.4, 0.5) is 0 Å². The van der Waals surface area contributed by atoms with Crippen molar-refractivity contribution in [1.82, 2.24) is 10.2 Å². The van der Waals surface area contributed by atoms with E-state index in [4.69, 9.17) is 0 Å². The highest BCUT2D eigenvalue weighted by Crippen LogP contribution is 2.35. The molecule has 1 saturated heterocycles. The highest BCUT2D eigenvalue weighted by atomic mass is 15.2. The van der Waals surface area contributed by atoms with Gasteiger partial charge in [-0.1, -0.05) is 36.8 Å². The molecule has 1 aromatic rings. The molecule has 1 aliphatic heterocycles. The smallest absolute Gasteiger partial charge is 0.0388 e. The lowest BCUT2D eigenvalue weighted by Crippen LogP contribution is -2.42. The summed E-state index contributed by atoms with van der Waals surface area (Å²) in [5, 5.41) is 3.38. The van der Waals surface area contributed by atoms with E-state index in [1.165, 1.54) is 43.5 Å². The average Bonchev–Trinajstić information content (AvgIpc) is 2.41. The minimum atomic E-state index is 0.599. The van der Waals surface area contributed by atoms with Crippen molar-refractivity contribution in [3.05, 3.63) is 35.4 Å². The fraction of sp³-hybridized carbons (Fsp3) is 0.647. The standard InChI is InChI=1S/C17H28N2/c1-4-11-19-12-5-6-16(13-18-3)17(19)15-9-7-14(2)8-10-15/h7-10,16-18H,4-6,11-13H2,1-3H3. The van der Waals surface area contributed by atoms with Crippen molar-refractivity contribution in [1.29, 1.82) is 0 Å². The minimum absolute atomic E-state index is 0.599. The number of likely N-dealkylation sites (tertiary alicyclic amines) is 1. The predicted octanol–water partition coefficient (Wildman–Crippen LogP) is 3.38. The van der Waals surface area contributed by atoms with Crippen LogP contribution in [0.25, 0.3) is 0 Å². The summed E-state index contributed by atoms with van der Waals surface area (Å²) in [5.41, 5.74) is 2.85. The first-order chi connectivity index (χ1) is 9.26. The van der Waals surface area contributed by atoms with E-state index >= 15 is 0 Å². The summed E-state index contributed by atoms with van der Waals surface area (Å²) in [6.45, 7) is 8.05. The highest BCUT2D eigenvalue weighted by molar-refractivity contribution is 5.25. The van der Waals surface area contributed by atoms with Crippen LogP contribution in [0.3, 0.4) is 0 Å². The number of hydrogen-bond donors (Lipinski definition) is 1. The van der Waals surface area contributed by atoms with Crippen molar-refractivity contribution in [2.24, 2.45) is 5.92 Å². The molecule has 1 aliphatic rings. The van der Waals surface area contributed by atoms with Gasteiger partial charge in [0, 0.05) is 6.04 Å². The summed E-state index contributed by atoms with van der Waals surface area (Å²) in [4.78, 5) is 2.69. The minimum Gasteiger partial charge on any atom is -0.319 e. The maximum atomic E-state index is 3.38. The summed E-state index contributed by atoms with van der Waals surface area (Å²) < 4.78 is 0. The molecule has 0 spiro atoms. The largest absolute Gasteiger partial charge is 0.319 e. The van der Waals surface area contributed by atoms with Crippen LogP contribution in [0.2, 0.25) is 0 Å². The second kappa shape index (κ2) is 7.06.